The Morgan fingerprint density at radius 3 is 2.50 bits per heavy atom. The molecule has 3 aromatic rings. The summed E-state index contributed by atoms with van der Waals surface area (Å²) in [6, 6.07) is 9.42. The van der Waals surface area contributed by atoms with Crippen LogP contribution >= 0.6 is 0 Å². The van der Waals surface area contributed by atoms with Gasteiger partial charge < -0.3 is 9.73 Å². The normalized spacial score (nSPS) is 11.5. The highest BCUT2D eigenvalue weighted by Gasteiger charge is 2.34. The van der Waals surface area contributed by atoms with Gasteiger partial charge in [0, 0.05) is 12.6 Å². The van der Waals surface area contributed by atoms with E-state index in [1.165, 1.54) is 0 Å². The fourth-order valence-corrected chi connectivity index (χ4v) is 2.30. The van der Waals surface area contributed by atoms with Gasteiger partial charge in [0.25, 0.3) is 11.6 Å². The van der Waals surface area contributed by atoms with Gasteiger partial charge >= 0.3 is 11.9 Å². The van der Waals surface area contributed by atoms with Crippen LogP contribution in [0.2, 0.25) is 0 Å². The van der Waals surface area contributed by atoms with Gasteiger partial charge in [0.05, 0.1) is 15.9 Å². The van der Waals surface area contributed by atoms with Gasteiger partial charge in [-0.25, -0.2) is 0 Å². The molecule has 0 aliphatic rings. The summed E-state index contributed by atoms with van der Waals surface area (Å²) in [4.78, 5) is 25.7. The van der Waals surface area contributed by atoms with Crippen LogP contribution in [0.15, 0.2) is 51.7 Å². The topological polar surface area (TPSA) is 98.3 Å². The Hall–Kier alpha value is -3.43. The Labute approximate surface area is 143 Å². The lowest BCUT2D eigenvalue weighted by molar-refractivity contribution is -0.383. The van der Waals surface area contributed by atoms with Crippen LogP contribution in [0.4, 0.5) is 24.9 Å². The number of nitrogens with zero attached hydrogens (tertiary/aromatic N) is 2. The summed E-state index contributed by atoms with van der Waals surface area (Å²) >= 11 is 0. The highest BCUT2D eigenvalue weighted by molar-refractivity contribution is 5.86. The summed E-state index contributed by atoms with van der Waals surface area (Å²) in [5.41, 5.74) is -3.10. The number of rotatable bonds is 4. The van der Waals surface area contributed by atoms with Gasteiger partial charge in [0.2, 0.25) is 5.58 Å². The first-order valence-electron chi connectivity index (χ1n) is 7.24. The fraction of sp³-hybridized carbons (Fsp3) is 0.125. The number of anilines is 1. The molecule has 0 spiro atoms. The van der Waals surface area contributed by atoms with Crippen LogP contribution < -0.4 is 10.9 Å². The zero-order valence-corrected chi connectivity index (χ0v) is 12.9. The van der Waals surface area contributed by atoms with Crippen molar-refractivity contribution in [2.24, 2.45) is 0 Å². The number of halogens is 3. The van der Waals surface area contributed by atoms with Crippen molar-refractivity contribution in [1.29, 1.82) is 0 Å². The van der Waals surface area contributed by atoms with Crippen molar-refractivity contribution in [3.8, 4) is 0 Å². The molecule has 0 unspecified atom stereocenters. The summed E-state index contributed by atoms with van der Waals surface area (Å²) in [5, 5.41) is 13.2. The van der Waals surface area contributed by atoms with Crippen molar-refractivity contribution in [2.75, 3.05) is 5.32 Å². The van der Waals surface area contributed by atoms with Gasteiger partial charge in [-0.1, -0.05) is 30.3 Å². The minimum Gasteiger partial charge on any atom is -0.418 e. The van der Waals surface area contributed by atoms with Gasteiger partial charge in [-0.3, -0.25) is 14.9 Å². The second-order valence-electron chi connectivity index (χ2n) is 5.29. The van der Waals surface area contributed by atoms with E-state index in [-0.39, 0.29) is 12.6 Å². The standard InChI is InChI=1S/C16H10F3N3O4/c17-16(18,19)10-6-11-13(12(7-10)22(24)25)26-15(21-14(11)23)20-8-9-4-2-1-3-5-9/h1-7H,8H2,(H,20,21,23). The lowest BCUT2D eigenvalue weighted by atomic mass is 10.1. The van der Waals surface area contributed by atoms with Crippen LogP contribution in [0.1, 0.15) is 11.1 Å². The van der Waals surface area contributed by atoms with E-state index in [9.17, 15) is 28.1 Å². The first-order chi connectivity index (χ1) is 12.3. The SMILES string of the molecule is O=c1nc(NCc2ccccc2)oc2c([N+](=O)[O-])cc(C(F)(F)F)cc12. The van der Waals surface area contributed by atoms with Crippen LogP contribution in [0.25, 0.3) is 11.0 Å². The van der Waals surface area contributed by atoms with E-state index in [1.807, 2.05) is 0 Å². The van der Waals surface area contributed by atoms with Gasteiger partial charge in [-0.15, -0.1) is 0 Å². The first-order valence-corrected chi connectivity index (χ1v) is 7.24. The number of nitro benzene ring substituents is 1. The molecule has 0 bridgehead atoms. The van der Waals surface area contributed by atoms with Crippen LogP contribution in [0, 0.1) is 10.1 Å². The number of alkyl halides is 3. The van der Waals surface area contributed by atoms with Gasteiger partial charge in [-0.2, -0.15) is 18.2 Å². The van der Waals surface area contributed by atoms with E-state index in [0.29, 0.717) is 12.1 Å². The first kappa shape index (κ1) is 17.4. The molecule has 3 rings (SSSR count). The van der Waals surface area contributed by atoms with Gasteiger partial charge in [-0.05, 0) is 11.6 Å². The second kappa shape index (κ2) is 6.47. The molecule has 0 saturated carbocycles. The Kier molecular flexibility index (Phi) is 4.33. The maximum Gasteiger partial charge on any atom is 0.416 e. The van der Waals surface area contributed by atoms with E-state index in [2.05, 4.69) is 10.3 Å². The fourth-order valence-electron chi connectivity index (χ4n) is 2.30. The Morgan fingerprint density at radius 1 is 1.19 bits per heavy atom. The number of nitro groups is 1. The van der Waals surface area contributed by atoms with E-state index in [4.69, 9.17) is 4.42 Å². The number of fused-ring (bicyclic) bond motifs is 1. The molecule has 0 amide bonds. The third kappa shape index (κ3) is 3.48. The molecule has 0 aliphatic carbocycles. The predicted molar refractivity (Wildman–Crippen MR) is 85.7 cm³/mol. The second-order valence-corrected chi connectivity index (χ2v) is 5.29. The average molecular weight is 365 g/mol. The molecule has 2 aromatic carbocycles. The van der Waals surface area contributed by atoms with Crippen molar-refractivity contribution < 1.29 is 22.5 Å². The third-order valence-corrected chi connectivity index (χ3v) is 3.51. The Morgan fingerprint density at radius 2 is 1.88 bits per heavy atom. The molecule has 0 radical (unpaired) electrons. The molecule has 1 aromatic heterocycles. The molecule has 7 nitrogen and oxygen atoms in total. The largest absolute Gasteiger partial charge is 0.418 e. The van der Waals surface area contributed by atoms with Crippen molar-refractivity contribution >= 4 is 22.7 Å². The Bertz CT molecular complexity index is 1030. The molecular formula is C16H10F3N3O4. The predicted octanol–water partition coefficient (Wildman–Crippen LogP) is 3.73. The quantitative estimate of drug-likeness (QED) is 0.559. The lowest BCUT2D eigenvalue weighted by Gasteiger charge is -2.09. The molecule has 0 aliphatic heterocycles. The van der Waals surface area contributed by atoms with E-state index >= 15 is 0 Å². The number of hydrogen-bond acceptors (Lipinski definition) is 6. The highest BCUT2D eigenvalue weighted by atomic mass is 19.4. The molecule has 1 N–H and O–H groups in total. The summed E-state index contributed by atoms with van der Waals surface area (Å²) < 4.78 is 43.9. The van der Waals surface area contributed by atoms with Crippen molar-refractivity contribution in [3.05, 3.63) is 74.1 Å². The minimum absolute atomic E-state index is 0.205. The van der Waals surface area contributed by atoms with E-state index in [1.54, 1.807) is 30.3 Å². The van der Waals surface area contributed by atoms with Gasteiger partial charge in [0.1, 0.15) is 0 Å². The van der Waals surface area contributed by atoms with Crippen LogP contribution in [0.3, 0.4) is 0 Å². The Balaban J connectivity index is 2.08. The van der Waals surface area contributed by atoms with E-state index in [0.717, 1.165) is 5.56 Å². The highest BCUT2D eigenvalue weighted by Crippen LogP contribution is 2.35. The maximum absolute atomic E-state index is 12.9. The smallest absolute Gasteiger partial charge is 0.416 e. The van der Waals surface area contributed by atoms with Crippen molar-refractivity contribution in [3.63, 3.8) is 0 Å². The maximum atomic E-state index is 12.9. The zero-order chi connectivity index (χ0) is 18.9. The molecule has 26 heavy (non-hydrogen) atoms. The molecule has 1 heterocycles. The molecular weight excluding hydrogens is 355 g/mol. The number of aromatic nitrogens is 1. The van der Waals surface area contributed by atoms with Gasteiger partial charge in [0.15, 0.2) is 0 Å². The third-order valence-electron chi connectivity index (χ3n) is 3.51. The summed E-state index contributed by atoms with van der Waals surface area (Å²) in [6.45, 7) is 0.205. The molecule has 0 atom stereocenters. The number of nitrogens with one attached hydrogen (secondary N) is 1. The number of hydrogen-bond donors (Lipinski definition) is 1. The van der Waals surface area contributed by atoms with Crippen LogP contribution in [0.5, 0.6) is 0 Å². The monoisotopic (exact) mass is 365 g/mol. The average Bonchev–Trinajstić information content (AvgIpc) is 2.59. The number of non-ortho nitro benzene ring substituents is 1. The molecule has 10 heteroatoms. The summed E-state index contributed by atoms with van der Waals surface area (Å²) in [6.07, 6.45) is -4.85. The summed E-state index contributed by atoms with van der Waals surface area (Å²) in [5.74, 6) is 0. The van der Waals surface area contributed by atoms with Crippen LogP contribution in [-0.2, 0) is 12.7 Å². The molecule has 134 valence electrons. The van der Waals surface area contributed by atoms with Crippen molar-refractivity contribution in [2.45, 2.75) is 12.7 Å². The summed E-state index contributed by atoms with van der Waals surface area (Å²) in [7, 11) is 0. The molecule has 0 saturated heterocycles. The van der Waals surface area contributed by atoms with Crippen molar-refractivity contribution in [1.82, 2.24) is 4.98 Å². The van der Waals surface area contributed by atoms with E-state index < -0.39 is 38.9 Å². The van der Waals surface area contributed by atoms with Crippen LogP contribution in [-0.4, -0.2) is 9.91 Å². The lowest BCUT2D eigenvalue weighted by Crippen LogP contribution is -2.14. The minimum atomic E-state index is -4.85. The zero-order valence-electron chi connectivity index (χ0n) is 12.9. The molecule has 0 fully saturated rings. The number of benzene rings is 2.